The molecule has 0 saturated carbocycles. The summed E-state index contributed by atoms with van der Waals surface area (Å²) in [4.78, 5) is 18.5. The molecule has 2 aromatic heterocycles. The number of aromatic nitrogens is 5. The van der Waals surface area contributed by atoms with E-state index in [1.807, 2.05) is 65.3 Å². The summed E-state index contributed by atoms with van der Waals surface area (Å²) in [5.74, 6) is 2.95. The normalized spacial score (nSPS) is 13.1. The summed E-state index contributed by atoms with van der Waals surface area (Å²) in [6, 6.07) is 23.7. The Morgan fingerprint density at radius 1 is 1.00 bits per heavy atom. The summed E-state index contributed by atoms with van der Waals surface area (Å²) in [6.45, 7) is 3.92. The average molecular weight is 553 g/mol. The van der Waals surface area contributed by atoms with Crippen molar-refractivity contribution in [2.24, 2.45) is 0 Å². The van der Waals surface area contributed by atoms with Crippen molar-refractivity contribution < 1.29 is 14.2 Å². The van der Waals surface area contributed by atoms with Gasteiger partial charge in [-0.2, -0.15) is 0 Å². The van der Waals surface area contributed by atoms with Crippen LogP contribution >= 0.6 is 0 Å². The van der Waals surface area contributed by atoms with Gasteiger partial charge in [0.05, 0.1) is 13.2 Å². The van der Waals surface area contributed by atoms with Gasteiger partial charge in [-0.3, -0.25) is 9.69 Å². The first-order chi connectivity index (χ1) is 20.1. The smallest absolute Gasteiger partial charge is 0.252 e. The molecule has 0 amide bonds. The SMILES string of the molecule is CC[C@H](c1nnnn1CCc1ccccc1)N(Cc1ccc2c(c1)OCO2)Cc1cc2cc(OC)ccc2[nH]c1=O. The second-order valence-electron chi connectivity index (χ2n) is 10.1. The first-order valence-electron chi connectivity index (χ1n) is 13.7. The number of aromatic amines is 1. The molecule has 0 radical (unpaired) electrons. The molecule has 210 valence electrons. The minimum absolute atomic E-state index is 0.128. The average Bonchev–Trinajstić information content (AvgIpc) is 3.66. The van der Waals surface area contributed by atoms with E-state index in [2.05, 4.69) is 44.5 Å². The highest BCUT2D eigenvalue weighted by atomic mass is 16.7. The molecule has 0 unspecified atom stereocenters. The zero-order valence-corrected chi connectivity index (χ0v) is 23.1. The third-order valence-electron chi connectivity index (χ3n) is 7.46. The van der Waals surface area contributed by atoms with Crippen LogP contribution in [-0.4, -0.2) is 44.0 Å². The van der Waals surface area contributed by atoms with Crippen LogP contribution in [0.5, 0.6) is 17.2 Å². The van der Waals surface area contributed by atoms with Gasteiger partial charge in [0.25, 0.3) is 5.56 Å². The molecule has 3 heterocycles. The number of ether oxygens (including phenoxy) is 3. The van der Waals surface area contributed by atoms with E-state index in [4.69, 9.17) is 14.2 Å². The van der Waals surface area contributed by atoms with Crippen LogP contribution in [0.1, 0.15) is 41.9 Å². The summed E-state index contributed by atoms with van der Waals surface area (Å²) < 4.78 is 18.4. The maximum Gasteiger partial charge on any atom is 0.252 e. The van der Waals surface area contributed by atoms with Gasteiger partial charge >= 0.3 is 0 Å². The fourth-order valence-corrected chi connectivity index (χ4v) is 5.34. The van der Waals surface area contributed by atoms with Crippen molar-refractivity contribution in [1.29, 1.82) is 0 Å². The van der Waals surface area contributed by atoms with Crippen molar-refractivity contribution in [1.82, 2.24) is 30.1 Å². The van der Waals surface area contributed by atoms with Gasteiger partial charge in [0.1, 0.15) is 5.75 Å². The third kappa shape index (κ3) is 5.78. The van der Waals surface area contributed by atoms with Crippen LogP contribution < -0.4 is 19.8 Å². The lowest BCUT2D eigenvalue weighted by Crippen LogP contribution is -2.32. The maximum atomic E-state index is 13.3. The van der Waals surface area contributed by atoms with E-state index >= 15 is 0 Å². The van der Waals surface area contributed by atoms with E-state index < -0.39 is 0 Å². The van der Waals surface area contributed by atoms with Crippen LogP contribution in [0.3, 0.4) is 0 Å². The molecule has 0 spiro atoms. The molecule has 1 aliphatic rings. The number of hydrogen-bond acceptors (Lipinski definition) is 8. The van der Waals surface area contributed by atoms with Gasteiger partial charge in [0, 0.05) is 36.1 Å². The lowest BCUT2D eigenvalue weighted by molar-refractivity contribution is 0.160. The number of fused-ring (bicyclic) bond motifs is 2. The molecule has 1 aliphatic heterocycles. The molecular weight excluding hydrogens is 520 g/mol. The van der Waals surface area contributed by atoms with Gasteiger partial charge in [-0.1, -0.05) is 43.3 Å². The molecule has 0 aliphatic carbocycles. The van der Waals surface area contributed by atoms with Gasteiger partial charge in [-0.05, 0) is 70.8 Å². The fourth-order valence-electron chi connectivity index (χ4n) is 5.34. The third-order valence-corrected chi connectivity index (χ3v) is 7.46. The summed E-state index contributed by atoms with van der Waals surface area (Å²) >= 11 is 0. The molecule has 0 saturated heterocycles. The van der Waals surface area contributed by atoms with Crippen LogP contribution in [0.15, 0.2) is 77.6 Å². The molecule has 0 bridgehead atoms. The highest BCUT2D eigenvalue weighted by Gasteiger charge is 2.27. The Morgan fingerprint density at radius 3 is 2.68 bits per heavy atom. The van der Waals surface area contributed by atoms with Crippen LogP contribution in [0, 0.1) is 0 Å². The van der Waals surface area contributed by atoms with Crippen molar-refractivity contribution in [3.05, 3.63) is 106 Å². The Labute approximate surface area is 237 Å². The zero-order chi connectivity index (χ0) is 28.2. The summed E-state index contributed by atoms with van der Waals surface area (Å²) in [5.41, 5.74) is 3.54. The van der Waals surface area contributed by atoms with Crippen LogP contribution in [0.25, 0.3) is 10.9 Å². The molecule has 0 fully saturated rings. The molecule has 5 aromatic rings. The Bertz CT molecular complexity index is 1700. The van der Waals surface area contributed by atoms with E-state index in [-0.39, 0.29) is 18.4 Å². The number of benzene rings is 3. The summed E-state index contributed by atoms with van der Waals surface area (Å²) in [7, 11) is 1.63. The van der Waals surface area contributed by atoms with Crippen molar-refractivity contribution >= 4 is 10.9 Å². The lowest BCUT2D eigenvalue weighted by Gasteiger charge is -2.30. The summed E-state index contributed by atoms with van der Waals surface area (Å²) in [6.07, 6.45) is 1.55. The number of hydrogen-bond donors (Lipinski definition) is 1. The second kappa shape index (κ2) is 11.8. The number of tetrazole rings is 1. The molecule has 6 rings (SSSR count). The van der Waals surface area contributed by atoms with Gasteiger partial charge in [0.2, 0.25) is 6.79 Å². The molecule has 10 heteroatoms. The van der Waals surface area contributed by atoms with Crippen molar-refractivity contribution in [3.8, 4) is 17.2 Å². The number of methoxy groups -OCH3 is 1. The zero-order valence-electron chi connectivity index (χ0n) is 23.1. The first kappa shape index (κ1) is 26.5. The van der Waals surface area contributed by atoms with E-state index in [1.54, 1.807) is 7.11 Å². The van der Waals surface area contributed by atoms with Crippen LogP contribution in [0.2, 0.25) is 0 Å². The molecular formula is C31H32N6O4. The van der Waals surface area contributed by atoms with Gasteiger partial charge in [-0.25, -0.2) is 4.68 Å². The Balaban J connectivity index is 1.34. The summed E-state index contributed by atoms with van der Waals surface area (Å²) in [5, 5.41) is 13.7. The van der Waals surface area contributed by atoms with Crippen LogP contribution in [-0.2, 0) is 26.1 Å². The second-order valence-corrected chi connectivity index (χ2v) is 10.1. The molecule has 3 aromatic carbocycles. The number of nitrogens with one attached hydrogen (secondary N) is 1. The van der Waals surface area contributed by atoms with Gasteiger partial charge in [-0.15, -0.1) is 5.10 Å². The lowest BCUT2D eigenvalue weighted by atomic mass is 10.1. The fraction of sp³-hybridized carbons (Fsp3) is 0.290. The quantitative estimate of drug-likeness (QED) is 0.252. The van der Waals surface area contributed by atoms with Crippen molar-refractivity contribution in [2.45, 2.75) is 45.4 Å². The van der Waals surface area contributed by atoms with Gasteiger partial charge in [0.15, 0.2) is 17.3 Å². The molecule has 1 atom stereocenters. The minimum Gasteiger partial charge on any atom is -0.497 e. The number of H-pyrrole nitrogens is 1. The van der Waals surface area contributed by atoms with Crippen LogP contribution in [0.4, 0.5) is 0 Å². The van der Waals surface area contributed by atoms with Gasteiger partial charge < -0.3 is 19.2 Å². The number of aryl methyl sites for hydroxylation is 2. The number of nitrogens with zero attached hydrogens (tertiary/aromatic N) is 5. The predicted molar refractivity (Wildman–Crippen MR) is 154 cm³/mol. The van der Waals surface area contributed by atoms with Crippen molar-refractivity contribution in [3.63, 3.8) is 0 Å². The van der Waals surface area contributed by atoms with E-state index in [9.17, 15) is 4.79 Å². The highest BCUT2D eigenvalue weighted by Crippen LogP contribution is 2.34. The molecule has 10 nitrogen and oxygen atoms in total. The maximum absolute atomic E-state index is 13.3. The van der Waals surface area contributed by atoms with E-state index in [0.29, 0.717) is 25.2 Å². The Kier molecular flexibility index (Phi) is 7.64. The van der Waals surface area contributed by atoms with E-state index in [1.165, 1.54) is 5.56 Å². The Morgan fingerprint density at radius 2 is 1.85 bits per heavy atom. The number of pyridine rings is 1. The highest BCUT2D eigenvalue weighted by molar-refractivity contribution is 5.80. The predicted octanol–water partition coefficient (Wildman–Crippen LogP) is 4.65. The van der Waals surface area contributed by atoms with Crippen molar-refractivity contribution in [2.75, 3.05) is 13.9 Å². The monoisotopic (exact) mass is 552 g/mol. The first-order valence-corrected chi connectivity index (χ1v) is 13.7. The number of rotatable bonds is 11. The molecule has 41 heavy (non-hydrogen) atoms. The minimum atomic E-state index is -0.147. The largest absolute Gasteiger partial charge is 0.497 e. The Hall–Kier alpha value is -4.70. The standard InChI is InChI=1S/C31H32N6O4/c1-3-27(30-33-34-35-37(30)14-13-21-7-5-4-6-8-21)36(18-22-9-12-28-29(15-22)41-20-40-28)19-24-16-23-17-25(39-2)10-11-26(23)32-31(24)38/h4-12,15-17,27H,3,13-14,18-20H2,1-2H3,(H,32,38)/t27-/m1/s1. The molecule has 1 N–H and O–H groups in total. The topological polar surface area (TPSA) is 107 Å². The van der Waals surface area contributed by atoms with E-state index in [0.717, 1.165) is 52.4 Å².